The summed E-state index contributed by atoms with van der Waals surface area (Å²) in [6.45, 7) is 4.56. The lowest BCUT2D eigenvalue weighted by molar-refractivity contribution is -0.120. The van der Waals surface area contributed by atoms with Crippen molar-refractivity contribution in [3.8, 4) is 10.7 Å². The van der Waals surface area contributed by atoms with Gasteiger partial charge in [-0.15, -0.1) is 21.5 Å². The van der Waals surface area contributed by atoms with Crippen LogP contribution in [0.4, 0.5) is 0 Å². The number of aromatic nitrogens is 3. The van der Waals surface area contributed by atoms with Crippen molar-refractivity contribution >= 4 is 29.0 Å². The van der Waals surface area contributed by atoms with E-state index in [0.29, 0.717) is 29.7 Å². The summed E-state index contributed by atoms with van der Waals surface area (Å²) >= 11 is 3.20. The molecule has 7 heteroatoms. The van der Waals surface area contributed by atoms with Crippen LogP contribution >= 0.6 is 23.1 Å². The van der Waals surface area contributed by atoms with Crippen LogP contribution < -0.4 is 5.32 Å². The summed E-state index contributed by atoms with van der Waals surface area (Å²) in [4.78, 5) is 13.6. The van der Waals surface area contributed by atoms with Crippen molar-refractivity contribution in [2.45, 2.75) is 63.2 Å². The fourth-order valence-electron chi connectivity index (χ4n) is 3.78. The minimum absolute atomic E-state index is 0.115. The normalized spacial score (nSPS) is 26.0. The highest BCUT2D eigenvalue weighted by Crippen LogP contribution is 2.41. The smallest absolute Gasteiger partial charge is 0.230 e. The van der Waals surface area contributed by atoms with Crippen molar-refractivity contribution in [1.82, 2.24) is 20.1 Å². The third kappa shape index (κ3) is 3.83. The third-order valence-electron chi connectivity index (χ3n) is 5.70. The molecule has 3 atom stereocenters. The van der Waals surface area contributed by atoms with Gasteiger partial charge < -0.3 is 5.32 Å². The maximum Gasteiger partial charge on any atom is 0.230 e. The summed E-state index contributed by atoms with van der Waals surface area (Å²) in [5, 5.41) is 15.0. The minimum Gasteiger partial charge on any atom is -0.352 e. The van der Waals surface area contributed by atoms with Gasteiger partial charge in [0.25, 0.3) is 0 Å². The Bertz CT molecular complexity index is 754. The lowest BCUT2D eigenvalue weighted by atomic mass is 9.78. The molecule has 2 aliphatic carbocycles. The summed E-state index contributed by atoms with van der Waals surface area (Å²) in [6, 6.07) is 4.93. The predicted octanol–water partition coefficient (Wildman–Crippen LogP) is 4.37. The summed E-state index contributed by atoms with van der Waals surface area (Å²) in [6.07, 6.45) is 5.94. The molecule has 2 aromatic rings. The molecule has 0 aromatic carbocycles. The van der Waals surface area contributed by atoms with Crippen LogP contribution in [0.25, 0.3) is 10.7 Å². The molecule has 2 heterocycles. The Kier molecular flexibility index (Phi) is 5.36. The number of rotatable bonds is 6. The van der Waals surface area contributed by atoms with Gasteiger partial charge in [0.1, 0.15) is 0 Å². The largest absolute Gasteiger partial charge is 0.352 e. The van der Waals surface area contributed by atoms with E-state index in [9.17, 15) is 4.79 Å². The van der Waals surface area contributed by atoms with Crippen LogP contribution in [0.3, 0.4) is 0 Å². The summed E-state index contributed by atoms with van der Waals surface area (Å²) in [5.41, 5.74) is 0. The Morgan fingerprint density at radius 3 is 2.88 bits per heavy atom. The van der Waals surface area contributed by atoms with Gasteiger partial charge in [-0.3, -0.25) is 9.36 Å². The lowest BCUT2D eigenvalue weighted by Gasteiger charge is -2.34. The van der Waals surface area contributed by atoms with Gasteiger partial charge in [0.2, 0.25) is 5.91 Å². The summed E-state index contributed by atoms with van der Waals surface area (Å²) in [5.74, 6) is 2.71. The first-order chi connectivity index (χ1) is 12.6. The molecule has 26 heavy (non-hydrogen) atoms. The Morgan fingerprint density at radius 1 is 1.31 bits per heavy atom. The number of carbonyl (C=O) groups is 1. The van der Waals surface area contributed by atoms with Crippen LogP contribution in [0.5, 0.6) is 0 Å². The van der Waals surface area contributed by atoms with Gasteiger partial charge >= 0.3 is 0 Å². The van der Waals surface area contributed by atoms with Crippen molar-refractivity contribution in [3.63, 3.8) is 0 Å². The predicted molar refractivity (Wildman–Crippen MR) is 106 cm³/mol. The van der Waals surface area contributed by atoms with Gasteiger partial charge in [-0.1, -0.05) is 44.5 Å². The zero-order valence-corrected chi connectivity index (χ0v) is 17.0. The monoisotopic (exact) mass is 390 g/mol. The molecule has 0 radical (unpaired) electrons. The van der Waals surface area contributed by atoms with E-state index >= 15 is 0 Å². The molecule has 0 aliphatic heterocycles. The van der Waals surface area contributed by atoms with Gasteiger partial charge in [0.05, 0.1) is 10.6 Å². The van der Waals surface area contributed by atoms with Gasteiger partial charge in [-0.25, -0.2) is 0 Å². The molecule has 2 saturated carbocycles. The molecule has 1 amide bonds. The molecule has 0 spiro atoms. The van der Waals surface area contributed by atoms with E-state index in [1.165, 1.54) is 37.4 Å². The SMILES string of the molecule is C[C@@H]1[C@H](C)CCC[C@H]1NC(=O)CSc1nnc(-c2cccs2)n1C1CC1. The van der Waals surface area contributed by atoms with Crippen molar-refractivity contribution in [2.24, 2.45) is 11.8 Å². The molecular formula is C19H26N4OS2. The van der Waals surface area contributed by atoms with Crippen LogP contribution in [0.1, 0.15) is 52.0 Å². The lowest BCUT2D eigenvalue weighted by Crippen LogP contribution is -2.44. The van der Waals surface area contributed by atoms with Gasteiger partial charge in [0.15, 0.2) is 11.0 Å². The van der Waals surface area contributed by atoms with E-state index in [1.54, 1.807) is 11.3 Å². The second-order valence-electron chi connectivity index (χ2n) is 7.61. The first kappa shape index (κ1) is 18.0. The Hall–Kier alpha value is -1.34. The zero-order chi connectivity index (χ0) is 18.1. The molecule has 2 fully saturated rings. The number of nitrogens with zero attached hydrogens (tertiary/aromatic N) is 3. The molecule has 140 valence electrons. The highest BCUT2D eigenvalue weighted by atomic mass is 32.2. The number of carbonyl (C=O) groups excluding carboxylic acids is 1. The quantitative estimate of drug-likeness (QED) is 0.744. The van der Waals surface area contributed by atoms with Crippen molar-refractivity contribution in [1.29, 1.82) is 0 Å². The molecule has 2 aliphatic rings. The Morgan fingerprint density at radius 2 is 2.15 bits per heavy atom. The van der Waals surface area contributed by atoms with Crippen LogP contribution in [0.2, 0.25) is 0 Å². The van der Waals surface area contributed by atoms with Crippen molar-refractivity contribution < 1.29 is 4.79 Å². The number of thiophene rings is 1. The molecule has 5 nitrogen and oxygen atoms in total. The van der Waals surface area contributed by atoms with Crippen molar-refractivity contribution in [3.05, 3.63) is 17.5 Å². The number of hydrogen-bond donors (Lipinski definition) is 1. The highest BCUT2D eigenvalue weighted by Gasteiger charge is 2.31. The van der Waals surface area contributed by atoms with Crippen LogP contribution in [0.15, 0.2) is 22.7 Å². The molecule has 2 aromatic heterocycles. The fraction of sp³-hybridized carbons (Fsp3) is 0.632. The van der Waals surface area contributed by atoms with E-state index in [0.717, 1.165) is 22.3 Å². The second-order valence-corrected chi connectivity index (χ2v) is 9.50. The van der Waals surface area contributed by atoms with Gasteiger partial charge in [-0.05, 0) is 42.5 Å². The van der Waals surface area contributed by atoms with Crippen LogP contribution in [-0.4, -0.2) is 32.5 Å². The molecule has 0 bridgehead atoms. The minimum atomic E-state index is 0.115. The zero-order valence-electron chi connectivity index (χ0n) is 15.4. The number of nitrogens with one attached hydrogen (secondary N) is 1. The average Bonchev–Trinajstić information content (AvgIpc) is 3.16. The number of amides is 1. The van der Waals surface area contributed by atoms with Crippen LogP contribution in [0, 0.1) is 11.8 Å². The maximum atomic E-state index is 12.5. The first-order valence-electron chi connectivity index (χ1n) is 9.54. The maximum absolute atomic E-state index is 12.5. The molecule has 4 rings (SSSR count). The molecule has 0 unspecified atom stereocenters. The third-order valence-corrected chi connectivity index (χ3v) is 7.51. The molecular weight excluding hydrogens is 364 g/mol. The summed E-state index contributed by atoms with van der Waals surface area (Å²) < 4.78 is 2.23. The average molecular weight is 391 g/mol. The topological polar surface area (TPSA) is 59.8 Å². The Balaban J connectivity index is 1.39. The number of hydrogen-bond acceptors (Lipinski definition) is 5. The van der Waals surface area contributed by atoms with E-state index in [1.807, 2.05) is 6.07 Å². The standard InChI is InChI=1S/C19H26N4OS2/c1-12-5-3-6-15(13(12)2)20-17(24)11-26-19-22-21-18(16-7-4-10-25-16)23(19)14-8-9-14/h4,7,10,12-15H,3,5-6,8-9,11H2,1-2H3,(H,20,24)/t12-,13-,15-/m1/s1. The number of thioether (sulfide) groups is 1. The van der Waals surface area contributed by atoms with Crippen LogP contribution in [-0.2, 0) is 4.79 Å². The van der Waals surface area contributed by atoms with Gasteiger partial charge in [0, 0.05) is 12.1 Å². The van der Waals surface area contributed by atoms with E-state index in [4.69, 9.17) is 0 Å². The van der Waals surface area contributed by atoms with E-state index < -0.39 is 0 Å². The van der Waals surface area contributed by atoms with Crippen molar-refractivity contribution in [2.75, 3.05) is 5.75 Å². The highest BCUT2D eigenvalue weighted by molar-refractivity contribution is 7.99. The Labute approximate surface area is 163 Å². The summed E-state index contributed by atoms with van der Waals surface area (Å²) in [7, 11) is 0. The second kappa shape index (κ2) is 7.72. The van der Waals surface area contributed by atoms with E-state index in [2.05, 4.69) is 45.4 Å². The molecule has 0 saturated heterocycles. The fourth-order valence-corrected chi connectivity index (χ4v) is 5.30. The van der Waals surface area contributed by atoms with E-state index in [-0.39, 0.29) is 5.91 Å². The first-order valence-corrected chi connectivity index (χ1v) is 11.4. The molecule has 1 N–H and O–H groups in total. The van der Waals surface area contributed by atoms with Gasteiger partial charge in [-0.2, -0.15) is 0 Å².